The number of anilines is 1. The van der Waals surface area contributed by atoms with Gasteiger partial charge in [-0.3, -0.25) is 33.9 Å². The van der Waals surface area contributed by atoms with Crippen LogP contribution in [0.3, 0.4) is 0 Å². The number of amides is 1. The highest BCUT2D eigenvalue weighted by atomic mass is 16.3. The fraction of sp³-hybridized carbons (Fsp3) is 0.438. The van der Waals surface area contributed by atoms with Crippen molar-refractivity contribution in [2.45, 2.75) is 50.8 Å². The smallest absolute Gasteiger partial charge is 0.235 e. The van der Waals surface area contributed by atoms with Crippen molar-refractivity contribution in [2.24, 2.45) is 34.4 Å². The molecule has 5 N–H and O–H groups in total. The molecule has 6 atom stereocenters. The number of fused-ring (bicyclic) bond motifs is 3. The molecule has 2 saturated carbocycles. The lowest BCUT2D eigenvalue weighted by atomic mass is 9.52. The van der Waals surface area contributed by atoms with Crippen molar-refractivity contribution >= 4 is 41.1 Å². The first kappa shape index (κ1) is 30.2. The van der Waals surface area contributed by atoms with Crippen molar-refractivity contribution < 1.29 is 34.2 Å². The molecule has 11 nitrogen and oxygen atoms in total. The van der Waals surface area contributed by atoms with Crippen molar-refractivity contribution in [3.05, 3.63) is 47.5 Å². The number of hydrogen-bond donors (Lipinski definition) is 4. The summed E-state index contributed by atoms with van der Waals surface area (Å²) in [5, 5.41) is 25.6. The first-order valence-corrected chi connectivity index (χ1v) is 14.2. The van der Waals surface area contributed by atoms with Crippen LogP contribution in [0.4, 0.5) is 5.69 Å². The molecule has 2 fully saturated rings. The highest BCUT2D eigenvalue weighted by molar-refractivity contribution is 6.32. The van der Waals surface area contributed by atoms with Crippen LogP contribution in [0, 0.1) is 23.7 Å². The van der Waals surface area contributed by atoms with Gasteiger partial charge in [-0.15, -0.1) is 0 Å². The van der Waals surface area contributed by atoms with Crippen molar-refractivity contribution in [2.75, 3.05) is 19.4 Å². The number of nitrogens with one attached hydrogen (secondary N) is 1. The normalized spacial score (nSPS) is 29.0. The van der Waals surface area contributed by atoms with Crippen LogP contribution in [-0.2, 0) is 25.6 Å². The summed E-state index contributed by atoms with van der Waals surface area (Å²) in [4.78, 5) is 72.6. The predicted octanol–water partition coefficient (Wildman–Crippen LogP) is 1.77. The fourth-order valence-electron chi connectivity index (χ4n) is 6.92. The molecule has 3 aliphatic carbocycles. The zero-order valence-electron chi connectivity index (χ0n) is 24.7. The summed E-state index contributed by atoms with van der Waals surface area (Å²) < 4.78 is 0. The highest BCUT2D eigenvalue weighted by Crippen LogP contribution is 2.51. The number of rotatable bonds is 5. The van der Waals surface area contributed by atoms with E-state index in [1.165, 1.54) is 11.0 Å². The van der Waals surface area contributed by atoms with Crippen LogP contribution in [-0.4, -0.2) is 81.8 Å². The van der Waals surface area contributed by atoms with E-state index in [2.05, 4.69) is 10.3 Å². The van der Waals surface area contributed by atoms with Crippen molar-refractivity contribution in [3.8, 4) is 16.9 Å². The summed E-state index contributed by atoms with van der Waals surface area (Å²) >= 11 is 0. The first-order chi connectivity index (χ1) is 20.1. The van der Waals surface area contributed by atoms with Gasteiger partial charge in [0, 0.05) is 11.6 Å². The van der Waals surface area contributed by atoms with Crippen LogP contribution >= 0.6 is 0 Å². The number of likely N-dealkylation sites (N-methyl/N-ethyl adjacent to an activating group) is 1. The fourth-order valence-corrected chi connectivity index (χ4v) is 6.92. The molecule has 43 heavy (non-hydrogen) atoms. The molecule has 2 aromatic rings. The number of aromatic hydroxyl groups is 1. The summed E-state index contributed by atoms with van der Waals surface area (Å²) in [7, 11) is 3.11. The minimum atomic E-state index is -2.75. The molecule has 0 aliphatic heterocycles. The Labute approximate surface area is 249 Å². The highest BCUT2D eigenvalue weighted by Gasteiger charge is 2.69. The quantitative estimate of drug-likeness (QED) is 0.230. The lowest BCUT2D eigenvalue weighted by Crippen LogP contribution is -2.74. The maximum absolute atomic E-state index is 14.0. The molecule has 0 saturated heterocycles. The van der Waals surface area contributed by atoms with Gasteiger partial charge in [0.05, 0.1) is 29.4 Å². The van der Waals surface area contributed by atoms with E-state index in [9.17, 15) is 34.2 Å². The largest absolute Gasteiger partial charge is 0.507 e. The SMILES string of the molecule is CN(C)C1C(=O)C(C(N)=O)C(=O)[C@@]2(O)C(=O)C3C(=O)c4c(O)ccc(-c5ccc(NC=NC(C)(C)C)cc5)c4C[C@H]3C[C@@H]12. The lowest BCUT2D eigenvalue weighted by Gasteiger charge is -2.52. The summed E-state index contributed by atoms with van der Waals surface area (Å²) in [5.74, 6) is -10.7. The van der Waals surface area contributed by atoms with E-state index in [0.717, 1.165) is 11.3 Å². The van der Waals surface area contributed by atoms with Gasteiger partial charge in [-0.25, -0.2) is 0 Å². The van der Waals surface area contributed by atoms with E-state index in [1.807, 2.05) is 45.0 Å². The van der Waals surface area contributed by atoms with Crippen LogP contribution in [0.25, 0.3) is 11.1 Å². The number of carbonyl (C=O) groups excluding carboxylic acids is 5. The van der Waals surface area contributed by atoms with Gasteiger partial charge in [-0.1, -0.05) is 18.2 Å². The Balaban J connectivity index is 1.54. The number of benzene rings is 2. The summed E-state index contributed by atoms with van der Waals surface area (Å²) in [6.45, 7) is 5.95. The average Bonchev–Trinajstić information content (AvgIpc) is 2.90. The Morgan fingerprint density at radius 2 is 1.72 bits per heavy atom. The van der Waals surface area contributed by atoms with Gasteiger partial charge in [0.15, 0.2) is 34.7 Å². The Morgan fingerprint density at radius 3 is 2.30 bits per heavy atom. The molecule has 2 aromatic carbocycles. The third-order valence-electron chi connectivity index (χ3n) is 8.82. The second kappa shape index (κ2) is 10.5. The maximum atomic E-state index is 14.0. The lowest BCUT2D eigenvalue weighted by molar-refractivity contribution is -0.181. The van der Waals surface area contributed by atoms with Gasteiger partial charge in [0.2, 0.25) is 5.91 Å². The number of carbonyl (C=O) groups is 5. The number of aliphatic imine (C=N–C) groups is 1. The first-order valence-electron chi connectivity index (χ1n) is 14.2. The number of hydrogen-bond acceptors (Lipinski definition) is 9. The molecule has 5 rings (SSSR count). The van der Waals surface area contributed by atoms with E-state index in [4.69, 9.17) is 5.73 Å². The number of nitrogens with zero attached hydrogens (tertiary/aromatic N) is 2. The molecular weight excluding hydrogens is 552 g/mol. The predicted molar refractivity (Wildman–Crippen MR) is 159 cm³/mol. The third kappa shape index (κ3) is 4.86. The molecular formula is C32H36N4O7. The molecule has 226 valence electrons. The van der Waals surface area contributed by atoms with E-state index in [1.54, 1.807) is 26.5 Å². The second-order valence-corrected chi connectivity index (χ2v) is 12.9. The van der Waals surface area contributed by atoms with E-state index >= 15 is 0 Å². The zero-order valence-corrected chi connectivity index (χ0v) is 24.7. The Bertz CT molecular complexity index is 1570. The zero-order chi connectivity index (χ0) is 31.6. The van der Waals surface area contributed by atoms with Gasteiger partial charge >= 0.3 is 0 Å². The molecule has 0 bridgehead atoms. The summed E-state index contributed by atoms with van der Waals surface area (Å²) in [6, 6.07) is 9.40. The molecule has 0 radical (unpaired) electrons. The molecule has 1 amide bonds. The maximum Gasteiger partial charge on any atom is 0.235 e. The number of Topliss-reactive ketones (excluding diaryl/α,β-unsaturated/α-hetero) is 4. The van der Waals surface area contributed by atoms with Gasteiger partial charge in [0.1, 0.15) is 5.75 Å². The topological polar surface area (TPSA) is 179 Å². The number of phenolic OH excluding ortho intramolecular Hbond substituents is 1. The molecule has 3 unspecified atom stereocenters. The molecule has 11 heteroatoms. The van der Waals surface area contributed by atoms with E-state index in [0.29, 0.717) is 11.1 Å². The van der Waals surface area contributed by atoms with Crippen molar-refractivity contribution in [1.82, 2.24) is 4.90 Å². The van der Waals surface area contributed by atoms with Gasteiger partial charge < -0.3 is 21.3 Å². The summed E-state index contributed by atoms with van der Waals surface area (Å²) in [5.41, 5.74) is 5.17. The monoisotopic (exact) mass is 588 g/mol. The minimum Gasteiger partial charge on any atom is -0.507 e. The van der Waals surface area contributed by atoms with Crippen molar-refractivity contribution in [3.63, 3.8) is 0 Å². The van der Waals surface area contributed by atoms with Crippen LogP contribution in [0.15, 0.2) is 41.4 Å². The molecule has 3 aliphatic rings. The Kier molecular flexibility index (Phi) is 7.38. The second-order valence-electron chi connectivity index (χ2n) is 12.9. The number of ketones is 4. The number of primary amides is 1. The molecule has 0 spiro atoms. The standard InChI is InChI=1S/C32H36N4O7/c1-31(2,3)35-14-34-17-8-6-15(7-9-17)18-10-11-21(37)23-19(18)12-16-13-20-25(36(4)5)27(39)24(30(33)42)29(41)32(20,43)28(40)22(16)26(23)38/h6-11,14,16,20,22,24-25,37,43H,12-13H2,1-5H3,(H2,33,42)(H,34,35)/t16-,20-,22?,24?,25?,32-/m0/s1. The van der Waals surface area contributed by atoms with Gasteiger partial charge in [-0.05, 0) is 88.5 Å². The van der Waals surface area contributed by atoms with Gasteiger partial charge in [0.25, 0.3) is 0 Å². The van der Waals surface area contributed by atoms with Gasteiger partial charge in [-0.2, -0.15) is 0 Å². The number of aliphatic hydroxyl groups is 1. The van der Waals surface area contributed by atoms with Crippen LogP contribution in [0.2, 0.25) is 0 Å². The third-order valence-corrected chi connectivity index (χ3v) is 8.82. The molecule has 0 heterocycles. The minimum absolute atomic E-state index is 0.00500. The van der Waals surface area contributed by atoms with Crippen LogP contribution < -0.4 is 11.1 Å². The van der Waals surface area contributed by atoms with Crippen LogP contribution in [0.5, 0.6) is 5.75 Å². The number of nitrogens with two attached hydrogens (primary N) is 1. The van der Waals surface area contributed by atoms with E-state index in [-0.39, 0.29) is 29.7 Å². The van der Waals surface area contributed by atoms with E-state index < -0.39 is 64.4 Å². The summed E-state index contributed by atoms with van der Waals surface area (Å²) in [6.07, 6.45) is 1.81. The van der Waals surface area contributed by atoms with Crippen LogP contribution in [0.1, 0.15) is 43.1 Å². The Hall–Kier alpha value is -4.22. The van der Waals surface area contributed by atoms with Crippen molar-refractivity contribution in [1.29, 1.82) is 0 Å². The number of phenols is 1. The Morgan fingerprint density at radius 1 is 1.07 bits per heavy atom. The average molecular weight is 589 g/mol. The molecule has 0 aromatic heterocycles.